The lowest BCUT2D eigenvalue weighted by molar-refractivity contribution is -0.138. The molecule has 0 saturated carbocycles. The fourth-order valence-electron chi connectivity index (χ4n) is 2.87. The summed E-state index contributed by atoms with van der Waals surface area (Å²) in [6.45, 7) is 3.78. The van der Waals surface area contributed by atoms with Gasteiger partial charge in [0.05, 0.1) is 11.9 Å². The van der Waals surface area contributed by atoms with Crippen LogP contribution in [-0.4, -0.2) is 31.8 Å². The van der Waals surface area contributed by atoms with Crippen molar-refractivity contribution in [3.8, 4) is 0 Å². The van der Waals surface area contributed by atoms with Crippen molar-refractivity contribution in [1.82, 2.24) is 0 Å². The van der Waals surface area contributed by atoms with Crippen LogP contribution in [0.3, 0.4) is 0 Å². The first-order valence-corrected chi connectivity index (χ1v) is 9.47. The smallest absolute Gasteiger partial charge is 0.327 e. The summed E-state index contributed by atoms with van der Waals surface area (Å²) in [4.78, 5) is 11.8. The van der Waals surface area contributed by atoms with Gasteiger partial charge in [0.15, 0.2) is 0 Å². The fourth-order valence-corrected chi connectivity index (χ4v) is 4.00. The Bertz CT molecular complexity index is 858. The molecule has 25 heavy (non-hydrogen) atoms. The van der Waals surface area contributed by atoms with E-state index in [4.69, 9.17) is 0 Å². The van der Waals surface area contributed by atoms with E-state index in [9.17, 15) is 22.7 Å². The summed E-state index contributed by atoms with van der Waals surface area (Å²) in [5.74, 6) is -1.80. The van der Waals surface area contributed by atoms with Crippen molar-refractivity contribution in [3.05, 3.63) is 65.0 Å². The van der Waals surface area contributed by atoms with E-state index in [2.05, 4.69) is 0 Å². The number of hydrogen-bond donors (Lipinski definition) is 1. The highest BCUT2D eigenvalue weighted by Crippen LogP contribution is 2.24. The average Bonchev–Trinajstić information content (AvgIpc) is 2.46. The highest BCUT2D eigenvalue weighted by molar-refractivity contribution is 7.92. The molecule has 0 aromatic heterocycles. The van der Waals surface area contributed by atoms with Gasteiger partial charge in [0.25, 0.3) is 0 Å². The number of carboxylic acids is 1. The lowest BCUT2D eigenvalue weighted by Crippen LogP contribution is -2.46. The Morgan fingerprint density at radius 2 is 1.64 bits per heavy atom. The SMILES string of the molecule is Cc1cc(C)cc(C[C@@H](C(=O)O)N(c2ccc(F)cc2)S(C)(=O)=O)c1. The number of carbonyl (C=O) groups is 1. The predicted octanol–water partition coefficient (Wildman–Crippen LogP) is 2.90. The Morgan fingerprint density at radius 1 is 1.12 bits per heavy atom. The molecule has 0 amide bonds. The maximum absolute atomic E-state index is 13.2. The minimum absolute atomic E-state index is 0.00228. The fraction of sp³-hybridized carbons (Fsp3) is 0.278. The molecule has 0 aliphatic heterocycles. The van der Waals surface area contributed by atoms with Crippen molar-refractivity contribution < 1.29 is 22.7 Å². The first kappa shape index (κ1) is 18.9. The number of aryl methyl sites for hydroxylation is 2. The van der Waals surface area contributed by atoms with Gasteiger partial charge in [-0.3, -0.25) is 4.31 Å². The third-order valence-corrected chi connectivity index (χ3v) is 4.90. The summed E-state index contributed by atoms with van der Waals surface area (Å²) >= 11 is 0. The van der Waals surface area contributed by atoms with Gasteiger partial charge in [0.1, 0.15) is 11.9 Å². The second-order valence-corrected chi connectivity index (χ2v) is 7.95. The highest BCUT2D eigenvalue weighted by atomic mass is 32.2. The molecule has 0 fully saturated rings. The van der Waals surface area contributed by atoms with E-state index in [1.807, 2.05) is 32.0 Å². The molecule has 0 spiro atoms. The van der Waals surface area contributed by atoms with Gasteiger partial charge in [-0.05, 0) is 43.7 Å². The normalized spacial score (nSPS) is 12.6. The third kappa shape index (κ3) is 4.79. The van der Waals surface area contributed by atoms with Crippen molar-refractivity contribution in [2.24, 2.45) is 0 Å². The summed E-state index contributed by atoms with van der Waals surface area (Å²) in [7, 11) is -3.89. The van der Waals surface area contributed by atoms with Crippen LogP contribution in [0.4, 0.5) is 10.1 Å². The van der Waals surface area contributed by atoms with E-state index in [0.29, 0.717) is 0 Å². The molecular formula is C18H20FNO4S. The van der Waals surface area contributed by atoms with Crippen molar-refractivity contribution >= 4 is 21.7 Å². The maximum atomic E-state index is 13.2. The molecular weight excluding hydrogens is 345 g/mol. The number of aliphatic carboxylic acids is 1. The second-order valence-electron chi connectivity index (χ2n) is 6.09. The van der Waals surface area contributed by atoms with Crippen molar-refractivity contribution in [3.63, 3.8) is 0 Å². The molecule has 134 valence electrons. The second kappa shape index (κ2) is 7.23. The summed E-state index contributed by atoms with van der Waals surface area (Å²) in [6.07, 6.45) is 0.941. The summed E-state index contributed by atoms with van der Waals surface area (Å²) in [5.41, 5.74) is 2.76. The van der Waals surface area contributed by atoms with Gasteiger partial charge in [-0.2, -0.15) is 0 Å². The number of rotatable bonds is 6. The molecule has 2 aromatic rings. The van der Waals surface area contributed by atoms with Crippen LogP contribution in [0.25, 0.3) is 0 Å². The quantitative estimate of drug-likeness (QED) is 0.854. The highest BCUT2D eigenvalue weighted by Gasteiger charge is 2.33. The topological polar surface area (TPSA) is 74.7 Å². The minimum atomic E-state index is -3.89. The van der Waals surface area contributed by atoms with Crippen molar-refractivity contribution in [2.45, 2.75) is 26.3 Å². The molecule has 1 atom stereocenters. The lowest BCUT2D eigenvalue weighted by Gasteiger charge is -2.29. The molecule has 0 radical (unpaired) electrons. The monoisotopic (exact) mass is 365 g/mol. The lowest BCUT2D eigenvalue weighted by atomic mass is 10.0. The number of carboxylic acid groups (broad SMARTS) is 1. The van der Waals surface area contributed by atoms with Gasteiger partial charge in [0, 0.05) is 6.42 Å². The van der Waals surface area contributed by atoms with Gasteiger partial charge in [-0.25, -0.2) is 17.6 Å². The first-order valence-electron chi connectivity index (χ1n) is 7.63. The standard InChI is InChI=1S/C18H20FNO4S/c1-12-8-13(2)10-14(9-12)11-17(18(21)22)20(25(3,23)24)16-6-4-15(19)5-7-16/h4-10,17H,11H2,1-3H3,(H,21,22)/t17-/m0/s1. The molecule has 0 unspecified atom stereocenters. The molecule has 2 aromatic carbocycles. The molecule has 2 rings (SSSR count). The van der Waals surface area contributed by atoms with Crippen LogP contribution in [0.2, 0.25) is 0 Å². The van der Waals surface area contributed by atoms with Crippen LogP contribution < -0.4 is 4.31 Å². The molecule has 0 aliphatic carbocycles. The van der Waals surface area contributed by atoms with Crippen LogP contribution in [0, 0.1) is 19.7 Å². The minimum Gasteiger partial charge on any atom is -0.480 e. The van der Waals surface area contributed by atoms with Crippen LogP contribution in [0.5, 0.6) is 0 Å². The first-order chi connectivity index (χ1) is 11.6. The summed E-state index contributed by atoms with van der Waals surface area (Å²) in [6, 6.07) is 8.99. The zero-order valence-electron chi connectivity index (χ0n) is 14.2. The summed E-state index contributed by atoms with van der Waals surface area (Å²) < 4.78 is 38.5. The molecule has 0 heterocycles. The molecule has 7 heteroatoms. The molecule has 5 nitrogen and oxygen atoms in total. The van der Waals surface area contributed by atoms with Crippen LogP contribution in [-0.2, 0) is 21.2 Å². The zero-order valence-corrected chi connectivity index (χ0v) is 15.0. The molecule has 0 aliphatic rings. The Labute approximate surface area is 146 Å². The number of sulfonamides is 1. The van der Waals surface area contributed by atoms with E-state index in [-0.39, 0.29) is 12.1 Å². The Hall–Kier alpha value is -2.41. The van der Waals surface area contributed by atoms with E-state index < -0.39 is 27.9 Å². The van der Waals surface area contributed by atoms with Gasteiger partial charge in [0.2, 0.25) is 10.0 Å². The molecule has 1 N–H and O–H groups in total. The summed E-state index contributed by atoms with van der Waals surface area (Å²) in [5, 5.41) is 9.64. The van der Waals surface area contributed by atoms with Crippen LogP contribution >= 0.6 is 0 Å². The zero-order chi connectivity index (χ0) is 18.8. The van der Waals surface area contributed by atoms with Crippen LogP contribution in [0.15, 0.2) is 42.5 Å². The van der Waals surface area contributed by atoms with Gasteiger partial charge >= 0.3 is 5.97 Å². The number of halogens is 1. The molecule has 0 saturated heterocycles. The number of benzene rings is 2. The van der Waals surface area contributed by atoms with Crippen molar-refractivity contribution in [2.75, 3.05) is 10.6 Å². The number of nitrogens with zero attached hydrogens (tertiary/aromatic N) is 1. The predicted molar refractivity (Wildman–Crippen MR) is 94.8 cm³/mol. The average molecular weight is 365 g/mol. The van der Waals surface area contributed by atoms with E-state index >= 15 is 0 Å². The van der Waals surface area contributed by atoms with E-state index in [0.717, 1.165) is 39.4 Å². The van der Waals surface area contributed by atoms with E-state index in [1.165, 1.54) is 12.1 Å². The Morgan fingerprint density at radius 3 is 2.08 bits per heavy atom. The third-order valence-electron chi connectivity index (χ3n) is 3.72. The van der Waals surface area contributed by atoms with E-state index in [1.54, 1.807) is 0 Å². The van der Waals surface area contributed by atoms with Gasteiger partial charge in [-0.15, -0.1) is 0 Å². The number of anilines is 1. The van der Waals surface area contributed by atoms with Crippen molar-refractivity contribution in [1.29, 1.82) is 0 Å². The molecule has 0 bridgehead atoms. The van der Waals surface area contributed by atoms with Gasteiger partial charge in [-0.1, -0.05) is 29.3 Å². The largest absolute Gasteiger partial charge is 0.480 e. The Kier molecular flexibility index (Phi) is 5.47. The number of hydrogen-bond acceptors (Lipinski definition) is 3. The Balaban J connectivity index is 2.49. The van der Waals surface area contributed by atoms with Crippen LogP contribution in [0.1, 0.15) is 16.7 Å². The van der Waals surface area contributed by atoms with Gasteiger partial charge < -0.3 is 5.11 Å². The maximum Gasteiger partial charge on any atom is 0.327 e.